The number of amides is 4. The summed E-state index contributed by atoms with van der Waals surface area (Å²) in [5.74, 6) is -4.04. The number of hydrogen-bond acceptors (Lipinski definition) is 7. The maximum atomic E-state index is 13.3. The third-order valence-electron chi connectivity index (χ3n) is 5.66. The summed E-state index contributed by atoms with van der Waals surface area (Å²) in [7, 11) is 0. The Labute approximate surface area is 226 Å². The van der Waals surface area contributed by atoms with Crippen LogP contribution in [-0.4, -0.2) is 64.6 Å². The zero-order chi connectivity index (χ0) is 28.1. The van der Waals surface area contributed by atoms with Crippen molar-refractivity contribution in [3.63, 3.8) is 0 Å². The standard InChI is InChI=1S/C26H33N5O6S/c27-18(15-38)23(33)29-19(11-12-22(28)32)24(34)30-20(13-16-7-3-1-4-8-16)25(35)31-21(26(36)37)14-17-9-5-2-6-10-17/h1-10,18-21,38H,11-15,27H2,(H2,28,32)(H,29,33)(H,30,34)(H,31,35)(H,36,37). The number of aliphatic carboxylic acids is 1. The smallest absolute Gasteiger partial charge is 0.326 e. The number of carbonyl (C=O) groups is 5. The Hall–Kier alpha value is -3.90. The number of carboxylic acids is 1. The number of nitrogens with two attached hydrogens (primary N) is 2. The molecule has 2 rings (SSSR count). The lowest BCUT2D eigenvalue weighted by Crippen LogP contribution is -2.58. The zero-order valence-corrected chi connectivity index (χ0v) is 21.6. The van der Waals surface area contributed by atoms with Crippen LogP contribution in [0.25, 0.3) is 0 Å². The van der Waals surface area contributed by atoms with Gasteiger partial charge in [-0.05, 0) is 17.5 Å². The van der Waals surface area contributed by atoms with Gasteiger partial charge in [0, 0.05) is 25.0 Å². The van der Waals surface area contributed by atoms with Crippen molar-refractivity contribution in [1.82, 2.24) is 16.0 Å². The van der Waals surface area contributed by atoms with Gasteiger partial charge in [0.25, 0.3) is 0 Å². The average molecular weight is 544 g/mol. The van der Waals surface area contributed by atoms with Crippen molar-refractivity contribution in [2.45, 2.75) is 49.9 Å². The molecule has 8 N–H and O–H groups in total. The summed E-state index contributed by atoms with van der Waals surface area (Å²) >= 11 is 3.97. The summed E-state index contributed by atoms with van der Waals surface area (Å²) in [5.41, 5.74) is 12.3. The lowest BCUT2D eigenvalue weighted by Gasteiger charge is -2.25. The third-order valence-corrected chi connectivity index (χ3v) is 6.05. The fraction of sp³-hybridized carbons (Fsp3) is 0.346. The number of nitrogens with one attached hydrogen (secondary N) is 3. The highest BCUT2D eigenvalue weighted by Gasteiger charge is 2.30. The van der Waals surface area contributed by atoms with E-state index in [2.05, 4.69) is 28.6 Å². The second-order valence-corrected chi connectivity index (χ2v) is 9.06. The summed E-state index contributed by atoms with van der Waals surface area (Å²) in [6, 6.07) is 13.0. The second-order valence-electron chi connectivity index (χ2n) is 8.70. The molecule has 0 bridgehead atoms. The molecular formula is C26H33N5O6S. The van der Waals surface area contributed by atoms with Crippen LogP contribution in [0.1, 0.15) is 24.0 Å². The Balaban J connectivity index is 2.25. The van der Waals surface area contributed by atoms with E-state index < -0.39 is 53.8 Å². The van der Waals surface area contributed by atoms with Crippen LogP contribution in [0, 0.1) is 0 Å². The number of rotatable bonds is 15. The molecule has 38 heavy (non-hydrogen) atoms. The van der Waals surface area contributed by atoms with E-state index in [0.717, 1.165) is 0 Å². The van der Waals surface area contributed by atoms with Crippen molar-refractivity contribution in [3.05, 3.63) is 71.8 Å². The summed E-state index contributed by atoms with van der Waals surface area (Å²) in [5, 5.41) is 17.3. The van der Waals surface area contributed by atoms with Crippen LogP contribution < -0.4 is 27.4 Å². The third kappa shape index (κ3) is 10.2. The van der Waals surface area contributed by atoms with Crippen LogP contribution in [0.4, 0.5) is 0 Å². The van der Waals surface area contributed by atoms with Crippen LogP contribution in [-0.2, 0) is 36.8 Å². The van der Waals surface area contributed by atoms with Gasteiger partial charge in [-0.15, -0.1) is 0 Å². The molecule has 0 aliphatic carbocycles. The first-order valence-corrected chi connectivity index (χ1v) is 12.6. The van der Waals surface area contributed by atoms with Crippen LogP contribution in [0.15, 0.2) is 60.7 Å². The van der Waals surface area contributed by atoms with Gasteiger partial charge in [0.2, 0.25) is 23.6 Å². The van der Waals surface area contributed by atoms with Gasteiger partial charge >= 0.3 is 5.97 Å². The molecule has 0 heterocycles. The summed E-state index contributed by atoms with van der Waals surface area (Å²) < 4.78 is 0. The molecule has 4 atom stereocenters. The van der Waals surface area contributed by atoms with Crippen LogP contribution in [0.2, 0.25) is 0 Å². The first-order chi connectivity index (χ1) is 18.1. The zero-order valence-electron chi connectivity index (χ0n) is 20.7. The van der Waals surface area contributed by atoms with E-state index in [1.54, 1.807) is 60.7 Å². The highest BCUT2D eigenvalue weighted by molar-refractivity contribution is 7.80. The van der Waals surface area contributed by atoms with E-state index in [4.69, 9.17) is 11.5 Å². The molecule has 204 valence electrons. The van der Waals surface area contributed by atoms with Crippen LogP contribution >= 0.6 is 12.6 Å². The minimum atomic E-state index is -1.25. The number of benzene rings is 2. The topological polar surface area (TPSA) is 194 Å². The van der Waals surface area contributed by atoms with Crippen molar-refractivity contribution in [3.8, 4) is 0 Å². The predicted molar refractivity (Wildman–Crippen MR) is 144 cm³/mol. The molecule has 2 aromatic rings. The fourth-order valence-corrected chi connectivity index (χ4v) is 3.74. The van der Waals surface area contributed by atoms with Gasteiger partial charge in [0.15, 0.2) is 0 Å². The summed E-state index contributed by atoms with van der Waals surface area (Å²) in [4.78, 5) is 62.0. The number of thiol groups is 1. The largest absolute Gasteiger partial charge is 0.480 e. The molecule has 0 fully saturated rings. The van der Waals surface area contributed by atoms with Crippen molar-refractivity contribution >= 4 is 42.2 Å². The maximum absolute atomic E-state index is 13.3. The normalized spacial score (nSPS) is 13.8. The molecule has 0 saturated carbocycles. The van der Waals surface area contributed by atoms with E-state index in [9.17, 15) is 29.1 Å². The molecule has 11 nitrogen and oxygen atoms in total. The van der Waals surface area contributed by atoms with Crippen molar-refractivity contribution in [2.75, 3.05) is 5.75 Å². The monoisotopic (exact) mass is 543 g/mol. The van der Waals surface area contributed by atoms with Gasteiger partial charge in [-0.2, -0.15) is 12.6 Å². The van der Waals surface area contributed by atoms with E-state index in [1.165, 1.54) is 0 Å². The lowest BCUT2D eigenvalue weighted by molar-refractivity contribution is -0.142. The average Bonchev–Trinajstić information content (AvgIpc) is 2.90. The minimum absolute atomic E-state index is 0.0209. The molecule has 12 heteroatoms. The Morgan fingerprint density at radius 3 is 1.66 bits per heavy atom. The molecule has 4 unspecified atom stereocenters. The molecule has 0 aliphatic heterocycles. The predicted octanol–water partition coefficient (Wildman–Crippen LogP) is -0.467. The van der Waals surface area contributed by atoms with E-state index in [1.807, 2.05) is 0 Å². The van der Waals surface area contributed by atoms with Crippen LogP contribution in [0.3, 0.4) is 0 Å². The Kier molecular flexibility index (Phi) is 12.3. The van der Waals surface area contributed by atoms with Crippen molar-refractivity contribution in [1.29, 1.82) is 0 Å². The first-order valence-electron chi connectivity index (χ1n) is 12.0. The van der Waals surface area contributed by atoms with E-state index in [0.29, 0.717) is 11.1 Å². The molecule has 0 spiro atoms. The second kappa shape index (κ2) is 15.4. The Morgan fingerprint density at radius 2 is 1.18 bits per heavy atom. The molecule has 4 amide bonds. The quantitative estimate of drug-likeness (QED) is 0.148. The molecule has 0 radical (unpaired) electrons. The number of hydrogen-bond donors (Lipinski definition) is 7. The van der Waals surface area contributed by atoms with E-state index >= 15 is 0 Å². The van der Waals surface area contributed by atoms with Gasteiger partial charge in [0.1, 0.15) is 18.1 Å². The van der Waals surface area contributed by atoms with Crippen LogP contribution in [0.5, 0.6) is 0 Å². The highest BCUT2D eigenvalue weighted by Crippen LogP contribution is 2.08. The molecular weight excluding hydrogens is 510 g/mol. The highest BCUT2D eigenvalue weighted by atomic mass is 32.1. The van der Waals surface area contributed by atoms with Gasteiger partial charge in [-0.1, -0.05) is 60.7 Å². The maximum Gasteiger partial charge on any atom is 0.326 e. The number of carbonyl (C=O) groups excluding carboxylic acids is 4. The molecule has 0 aliphatic rings. The minimum Gasteiger partial charge on any atom is -0.480 e. The van der Waals surface area contributed by atoms with Gasteiger partial charge in [-0.3, -0.25) is 19.2 Å². The Morgan fingerprint density at radius 1 is 0.737 bits per heavy atom. The summed E-state index contributed by atoms with van der Waals surface area (Å²) in [6.45, 7) is 0. The molecule has 0 aromatic heterocycles. The van der Waals surface area contributed by atoms with Crippen molar-refractivity contribution in [2.24, 2.45) is 11.5 Å². The van der Waals surface area contributed by atoms with Gasteiger partial charge in [-0.25, -0.2) is 4.79 Å². The number of carboxylic acid groups (broad SMARTS) is 1. The Bertz CT molecular complexity index is 1100. The van der Waals surface area contributed by atoms with Gasteiger partial charge < -0.3 is 32.5 Å². The fourth-order valence-electron chi connectivity index (χ4n) is 3.57. The lowest BCUT2D eigenvalue weighted by atomic mass is 10.0. The van der Waals surface area contributed by atoms with E-state index in [-0.39, 0.29) is 31.4 Å². The van der Waals surface area contributed by atoms with Crippen molar-refractivity contribution < 1.29 is 29.1 Å². The molecule has 0 saturated heterocycles. The first kappa shape index (κ1) is 30.3. The van der Waals surface area contributed by atoms with Gasteiger partial charge in [0.05, 0.1) is 6.04 Å². The number of primary amides is 1. The SMILES string of the molecule is NC(=O)CCC(NC(=O)C(N)CS)C(=O)NC(Cc1ccccc1)C(=O)NC(Cc1ccccc1)C(=O)O. The molecule has 2 aromatic carbocycles. The summed E-state index contributed by atoms with van der Waals surface area (Å²) in [6.07, 6.45) is -0.255.